The molecule has 3 aromatic rings. The third-order valence-corrected chi connectivity index (χ3v) is 4.52. The Kier molecular flexibility index (Phi) is 3.98. The zero-order valence-electron chi connectivity index (χ0n) is 14.1. The van der Waals surface area contributed by atoms with Crippen LogP contribution in [0.4, 0.5) is 11.4 Å². The quantitative estimate of drug-likeness (QED) is 0.734. The zero-order chi connectivity index (χ0) is 17.2. The van der Waals surface area contributed by atoms with Crippen molar-refractivity contribution in [2.75, 3.05) is 22.9 Å². The number of benzene rings is 2. The van der Waals surface area contributed by atoms with E-state index < -0.39 is 0 Å². The van der Waals surface area contributed by atoms with Gasteiger partial charge in [0.25, 0.3) is 5.91 Å². The van der Waals surface area contributed by atoms with Crippen molar-refractivity contribution >= 4 is 17.3 Å². The van der Waals surface area contributed by atoms with E-state index in [1.807, 2.05) is 36.4 Å². The molecule has 2 aromatic carbocycles. The maximum Gasteiger partial charge on any atom is 0.280 e. The third-order valence-electron chi connectivity index (χ3n) is 4.52. The Bertz CT molecular complexity index is 889. The Morgan fingerprint density at radius 3 is 2.48 bits per heavy atom. The molecule has 1 aliphatic heterocycles. The molecule has 4 rings (SSSR count). The van der Waals surface area contributed by atoms with Crippen LogP contribution in [0.3, 0.4) is 0 Å². The number of oxazole rings is 1. The van der Waals surface area contributed by atoms with Gasteiger partial charge in [0, 0.05) is 19.6 Å². The van der Waals surface area contributed by atoms with Crippen LogP contribution in [0.25, 0.3) is 0 Å². The van der Waals surface area contributed by atoms with Gasteiger partial charge in [-0.2, -0.15) is 0 Å². The number of para-hydroxylation sites is 2. The molecule has 0 bridgehead atoms. The zero-order valence-corrected chi connectivity index (χ0v) is 14.1. The molecule has 5 nitrogen and oxygen atoms in total. The van der Waals surface area contributed by atoms with Gasteiger partial charge in [-0.15, -0.1) is 0 Å². The van der Waals surface area contributed by atoms with Crippen molar-refractivity contribution in [3.8, 4) is 0 Å². The van der Waals surface area contributed by atoms with Gasteiger partial charge in [0.2, 0.25) is 0 Å². The van der Waals surface area contributed by atoms with Crippen molar-refractivity contribution in [1.29, 1.82) is 0 Å². The van der Waals surface area contributed by atoms with Crippen molar-refractivity contribution < 1.29 is 9.21 Å². The largest absolute Gasteiger partial charge is 0.448 e. The fraction of sp³-hybridized carbons (Fsp3) is 0.200. The lowest BCUT2D eigenvalue weighted by Crippen LogP contribution is -2.44. The highest BCUT2D eigenvalue weighted by Crippen LogP contribution is 2.34. The van der Waals surface area contributed by atoms with Crippen molar-refractivity contribution in [3.05, 3.63) is 78.0 Å². The molecule has 0 atom stereocenters. The molecular weight excluding hydrogens is 314 g/mol. The van der Waals surface area contributed by atoms with Crippen LogP contribution in [0, 0.1) is 6.92 Å². The van der Waals surface area contributed by atoms with Crippen LogP contribution in [0.15, 0.2) is 65.4 Å². The van der Waals surface area contributed by atoms with E-state index in [1.54, 1.807) is 11.8 Å². The first-order valence-electron chi connectivity index (χ1n) is 8.34. The Labute approximate surface area is 146 Å². The third kappa shape index (κ3) is 2.89. The van der Waals surface area contributed by atoms with Crippen LogP contribution in [-0.4, -0.2) is 24.0 Å². The summed E-state index contributed by atoms with van der Waals surface area (Å²) in [5, 5.41) is 0. The number of amides is 1. The molecule has 2 heterocycles. The fourth-order valence-electron chi connectivity index (χ4n) is 3.24. The first-order valence-corrected chi connectivity index (χ1v) is 8.34. The number of nitrogens with zero attached hydrogens (tertiary/aromatic N) is 3. The Morgan fingerprint density at radius 1 is 1.04 bits per heavy atom. The number of anilines is 2. The summed E-state index contributed by atoms with van der Waals surface area (Å²) in [4.78, 5) is 21.1. The van der Waals surface area contributed by atoms with Gasteiger partial charge in [0.1, 0.15) is 5.76 Å². The fourth-order valence-corrected chi connectivity index (χ4v) is 3.24. The molecule has 0 N–H and O–H groups in total. The van der Waals surface area contributed by atoms with Gasteiger partial charge in [-0.25, -0.2) is 4.98 Å². The molecule has 126 valence electrons. The Balaban J connectivity index is 1.65. The lowest BCUT2D eigenvalue weighted by Gasteiger charge is -2.37. The van der Waals surface area contributed by atoms with Crippen LogP contribution in [0.5, 0.6) is 0 Å². The summed E-state index contributed by atoms with van der Waals surface area (Å²) in [6.45, 7) is 3.98. The summed E-state index contributed by atoms with van der Waals surface area (Å²) < 4.78 is 5.20. The Hall–Kier alpha value is -3.08. The number of carbonyl (C=O) groups is 1. The molecule has 5 heteroatoms. The minimum absolute atomic E-state index is 0.113. The van der Waals surface area contributed by atoms with Crippen molar-refractivity contribution in [2.24, 2.45) is 0 Å². The standard InChI is InChI=1S/C20H19N3O2/c1-15-19(21-14-25-15)20(24)23-12-11-22(13-16-7-3-2-4-8-16)17-9-5-6-10-18(17)23/h2-10,14H,11-13H2,1H3. The SMILES string of the molecule is Cc1ocnc1C(=O)N1CCN(Cc2ccccc2)c2ccccc21. The highest BCUT2D eigenvalue weighted by Gasteiger charge is 2.29. The second-order valence-corrected chi connectivity index (χ2v) is 6.11. The molecular formula is C20H19N3O2. The van der Waals surface area contributed by atoms with Crippen LogP contribution in [-0.2, 0) is 6.54 Å². The summed E-state index contributed by atoms with van der Waals surface area (Å²) in [6.07, 6.45) is 1.32. The van der Waals surface area contributed by atoms with E-state index in [0.717, 1.165) is 24.5 Å². The van der Waals surface area contributed by atoms with Gasteiger partial charge in [-0.05, 0) is 24.6 Å². The number of hydrogen-bond donors (Lipinski definition) is 0. The summed E-state index contributed by atoms with van der Waals surface area (Å²) in [5.41, 5.74) is 3.61. The van der Waals surface area contributed by atoms with E-state index in [2.05, 4.69) is 28.1 Å². The van der Waals surface area contributed by atoms with E-state index in [4.69, 9.17) is 4.42 Å². The Morgan fingerprint density at radius 2 is 1.76 bits per heavy atom. The molecule has 0 spiro atoms. The van der Waals surface area contributed by atoms with E-state index in [9.17, 15) is 4.79 Å². The van der Waals surface area contributed by atoms with Gasteiger partial charge < -0.3 is 14.2 Å². The molecule has 1 aromatic heterocycles. The lowest BCUT2D eigenvalue weighted by atomic mass is 10.1. The van der Waals surface area contributed by atoms with Gasteiger partial charge in [-0.3, -0.25) is 4.79 Å². The highest BCUT2D eigenvalue weighted by atomic mass is 16.3. The summed E-state index contributed by atoms with van der Waals surface area (Å²) in [7, 11) is 0. The average molecular weight is 333 g/mol. The number of aromatic nitrogens is 1. The van der Waals surface area contributed by atoms with E-state index in [1.165, 1.54) is 12.0 Å². The first-order chi connectivity index (χ1) is 12.2. The van der Waals surface area contributed by atoms with E-state index in [-0.39, 0.29) is 5.91 Å². The number of fused-ring (bicyclic) bond motifs is 1. The van der Waals surface area contributed by atoms with Gasteiger partial charge in [0.15, 0.2) is 12.1 Å². The van der Waals surface area contributed by atoms with Gasteiger partial charge >= 0.3 is 0 Å². The lowest BCUT2D eigenvalue weighted by molar-refractivity contribution is 0.0981. The molecule has 0 fully saturated rings. The number of hydrogen-bond acceptors (Lipinski definition) is 4. The molecule has 1 amide bonds. The van der Waals surface area contributed by atoms with Crippen molar-refractivity contribution in [1.82, 2.24) is 4.98 Å². The second-order valence-electron chi connectivity index (χ2n) is 6.11. The molecule has 0 unspecified atom stereocenters. The van der Waals surface area contributed by atoms with Crippen LogP contribution < -0.4 is 9.80 Å². The smallest absolute Gasteiger partial charge is 0.280 e. The number of rotatable bonds is 3. The number of carbonyl (C=O) groups excluding carboxylic acids is 1. The maximum atomic E-state index is 12.9. The predicted molar refractivity (Wildman–Crippen MR) is 96.9 cm³/mol. The van der Waals surface area contributed by atoms with Crippen LogP contribution in [0.1, 0.15) is 21.8 Å². The predicted octanol–water partition coefficient (Wildman–Crippen LogP) is 3.65. The van der Waals surface area contributed by atoms with E-state index >= 15 is 0 Å². The summed E-state index contributed by atoms with van der Waals surface area (Å²) in [5.74, 6) is 0.437. The molecule has 1 aliphatic rings. The minimum atomic E-state index is -0.113. The monoisotopic (exact) mass is 333 g/mol. The van der Waals surface area contributed by atoms with Gasteiger partial charge in [-0.1, -0.05) is 42.5 Å². The second kappa shape index (κ2) is 6.43. The summed E-state index contributed by atoms with van der Waals surface area (Å²) in [6, 6.07) is 18.4. The van der Waals surface area contributed by atoms with Crippen LogP contribution >= 0.6 is 0 Å². The molecule has 0 saturated heterocycles. The maximum absolute atomic E-state index is 12.9. The number of aryl methyl sites for hydroxylation is 1. The van der Waals surface area contributed by atoms with Crippen molar-refractivity contribution in [3.63, 3.8) is 0 Å². The normalized spacial score (nSPS) is 13.6. The van der Waals surface area contributed by atoms with Crippen LogP contribution in [0.2, 0.25) is 0 Å². The highest BCUT2D eigenvalue weighted by molar-refractivity contribution is 6.07. The topological polar surface area (TPSA) is 49.6 Å². The summed E-state index contributed by atoms with van der Waals surface area (Å²) >= 11 is 0. The minimum Gasteiger partial charge on any atom is -0.448 e. The molecule has 0 radical (unpaired) electrons. The van der Waals surface area contributed by atoms with Crippen molar-refractivity contribution in [2.45, 2.75) is 13.5 Å². The average Bonchev–Trinajstić information content (AvgIpc) is 3.08. The molecule has 0 saturated carbocycles. The first kappa shape index (κ1) is 15.4. The molecule has 0 aliphatic carbocycles. The van der Waals surface area contributed by atoms with E-state index in [0.29, 0.717) is 18.0 Å². The molecule has 25 heavy (non-hydrogen) atoms. The van der Waals surface area contributed by atoms with Gasteiger partial charge in [0.05, 0.1) is 11.4 Å².